The summed E-state index contributed by atoms with van der Waals surface area (Å²) in [6, 6.07) is 16.5. The highest BCUT2D eigenvalue weighted by atomic mass is 16.5. The van der Waals surface area contributed by atoms with E-state index < -0.39 is 30.3 Å². The van der Waals surface area contributed by atoms with Crippen LogP contribution in [0.25, 0.3) is 0 Å². The second-order valence-electron chi connectivity index (χ2n) is 7.74. The first kappa shape index (κ1) is 24.4. The van der Waals surface area contributed by atoms with E-state index in [1.54, 1.807) is 30.3 Å². The lowest BCUT2D eigenvalue weighted by Crippen LogP contribution is -2.50. The second kappa shape index (κ2) is 11.6. The standard InChI is InChI=1S/C25H30N2O6/c1-2-13-25(24(31)26-16-20(30)17-29)22(18-7-4-3-5-8-18)33-23(27-25)19-9-11-21(12-10-19)32-15-6-14-28/h2-5,7-12,20,22,28-30H,1,6,13-17H2,(H,26,31)/t20?,22-,25-/m1/s1. The number of hydrogen-bond donors (Lipinski definition) is 4. The van der Waals surface area contributed by atoms with E-state index in [0.29, 0.717) is 30.2 Å². The molecule has 176 valence electrons. The van der Waals surface area contributed by atoms with E-state index in [4.69, 9.17) is 24.7 Å². The Kier molecular flexibility index (Phi) is 8.59. The topological polar surface area (TPSA) is 121 Å². The third-order valence-corrected chi connectivity index (χ3v) is 5.30. The molecule has 3 atom stereocenters. The van der Waals surface area contributed by atoms with Crippen LogP contribution in [0, 0.1) is 0 Å². The Balaban J connectivity index is 1.93. The fourth-order valence-corrected chi connectivity index (χ4v) is 3.59. The fraction of sp³-hybridized carbons (Fsp3) is 0.360. The van der Waals surface area contributed by atoms with Crippen LogP contribution in [0.3, 0.4) is 0 Å². The zero-order chi connectivity index (χ0) is 23.7. The molecule has 1 heterocycles. The molecule has 3 rings (SSSR count). The maximum absolute atomic E-state index is 13.4. The number of hydrogen-bond acceptors (Lipinski definition) is 7. The number of aliphatic hydroxyl groups excluding tert-OH is 3. The van der Waals surface area contributed by atoms with Crippen LogP contribution in [0.5, 0.6) is 5.75 Å². The van der Waals surface area contributed by atoms with Gasteiger partial charge in [0, 0.05) is 31.6 Å². The lowest BCUT2D eigenvalue weighted by atomic mass is 9.84. The number of nitrogens with zero attached hydrogens (tertiary/aromatic N) is 1. The molecule has 8 heteroatoms. The smallest absolute Gasteiger partial charge is 0.252 e. The lowest BCUT2D eigenvalue weighted by molar-refractivity contribution is -0.129. The first-order valence-corrected chi connectivity index (χ1v) is 10.9. The summed E-state index contributed by atoms with van der Waals surface area (Å²) in [5.74, 6) is 0.534. The number of ether oxygens (including phenoxy) is 2. The van der Waals surface area contributed by atoms with Crippen molar-refractivity contribution in [3.8, 4) is 5.75 Å². The number of rotatable bonds is 12. The fourth-order valence-electron chi connectivity index (χ4n) is 3.59. The zero-order valence-electron chi connectivity index (χ0n) is 18.4. The molecule has 0 aliphatic carbocycles. The van der Waals surface area contributed by atoms with Crippen LogP contribution in [0.4, 0.5) is 0 Å². The minimum atomic E-state index is -1.33. The van der Waals surface area contributed by atoms with E-state index in [2.05, 4.69) is 11.9 Å². The highest BCUT2D eigenvalue weighted by Crippen LogP contribution is 2.42. The molecule has 0 bridgehead atoms. The molecule has 0 spiro atoms. The van der Waals surface area contributed by atoms with Gasteiger partial charge in [-0.1, -0.05) is 36.4 Å². The molecule has 8 nitrogen and oxygen atoms in total. The minimum Gasteiger partial charge on any atom is -0.494 e. The Labute approximate surface area is 193 Å². The summed E-state index contributed by atoms with van der Waals surface area (Å²) >= 11 is 0. The van der Waals surface area contributed by atoms with Gasteiger partial charge in [-0.3, -0.25) is 4.79 Å². The number of carbonyl (C=O) groups excluding carboxylic acids is 1. The summed E-state index contributed by atoms with van der Waals surface area (Å²) in [7, 11) is 0. The average Bonchev–Trinajstić information content (AvgIpc) is 3.24. The number of amides is 1. The molecule has 1 aliphatic heterocycles. The van der Waals surface area contributed by atoms with Crippen LogP contribution in [-0.4, -0.2) is 65.1 Å². The number of carbonyl (C=O) groups is 1. The second-order valence-corrected chi connectivity index (χ2v) is 7.74. The molecular formula is C25H30N2O6. The van der Waals surface area contributed by atoms with Gasteiger partial charge in [0.2, 0.25) is 5.90 Å². The summed E-state index contributed by atoms with van der Waals surface area (Å²) < 4.78 is 11.8. The van der Waals surface area contributed by atoms with Gasteiger partial charge in [0.05, 0.1) is 19.3 Å². The number of aliphatic hydroxyl groups is 3. The summed E-state index contributed by atoms with van der Waals surface area (Å²) in [6.07, 6.45) is 0.582. The van der Waals surface area contributed by atoms with Crippen molar-refractivity contribution < 1.29 is 29.6 Å². The lowest BCUT2D eigenvalue weighted by Gasteiger charge is -2.30. The highest BCUT2D eigenvalue weighted by molar-refractivity contribution is 6.01. The van der Waals surface area contributed by atoms with Gasteiger partial charge in [-0.15, -0.1) is 6.58 Å². The molecule has 0 radical (unpaired) electrons. The quantitative estimate of drug-likeness (QED) is 0.286. The van der Waals surface area contributed by atoms with E-state index in [1.165, 1.54) is 0 Å². The molecule has 0 saturated heterocycles. The van der Waals surface area contributed by atoms with E-state index in [1.807, 2.05) is 30.3 Å². The Bertz CT molecular complexity index is 947. The highest BCUT2D eigenvalue weighted by Gasteiger charge is 2.52. The van der Waals surface area contributed by atoms with Crippen molar-refractivity contribution in [2.24, 2.45) is 4.99 Å². The van der Waals surface area contributed by atoms with E-state index in [9.17, 15) is 9.90 Å². The molecule has 2 aromatic rings. The number of nitrogens with one attached hydrogen (secondary N) is 1. The molecule has 0 saturated carbocycles. The van der Waals surface area contributed by atoms with Gasteiger partial charge >= 0.3 is 0 Å². The van der Waals surface area contributed by atoms with Gasteiger partial charge < -0.3 is 30.1 Å². The van der Waals surface area contributed by atoms with Gasteiger partial charge in [-0.2, -0.15) is 0 Å². The zero-order valence-corrected chi connectivity index (χ0v) is 18.4. The summed E-state index contributed by atoms with van der Waals surface area (Å²) in [5.41, 5.74) is 0.128. The van der Waals surface area contributed by atoms with Gasteiger partial charge in [-0.25, -0.2) is 4.99 Å². The van der Waals surface area contributed by atoms with Crippen molar-refractivity contribution in [3.63, 3.8) is 0 Å². The average molecular weight is 455 g/mol. The van der Waals surface area contributed by atoms with Gasteiger partial charge in [0.15, 0.2) is 11.6 Å². The minimum absolute atomic E-state index is 0.0619. The van der Waals surface area contributed by atoms with Gasteiger partial charge in [-0.05, 0) is 29.8 Å². The van der Waals surface area contributed by atoms with E-state index in [0.717, 1.165) is 5.56 Å². The Morgan fingerprint density at radius 1 is 1.21 bits per heavy atom. The van der Waals surface area contributed by atoms with Crippen LogP contribution in [0.1, 0.15) is 30.1 Å². The molecule has 2 aromatic carbocycles. The Morgan fingerprint density at radius 3 is 2.58 bits per heavy atom. The summed E-state index contributed by atoms with van der Waals surface area (Å²) in [5, 5.41) is 30.4. The first-order valence-electron chi connectivity index (χ1n) is 10.9. The SMILES string of the molecule is C=CC[C@@]1(C(=O)NCC(O)CO)N=C(c2ccc(OCCCO)cc2)O[C@@H]1c1ccccc1. The maximum Gasteiger partial charge on any atom is 0.252 e. The van der Waals surface area contributed by atoms with Crippen LogP contribution in [0.15, 0.2) is 72.2 Å². The largest absolute Gasteiger partial charge is 0.494 e. The summed E-state index contributed by atoms with van der Waals surface area (Å²) in [6.45, 7) is 3.70. The van der Waals surface area contributed by atoms with Crippen molar-refractivity contribution in [2.45, 2.75) is 30.6 Å². The summed E-state index contributed by atoms with van der Waals surface area (Å²) in [4.78, 5) is 18.1. The molecule has 1 amide bonds. The normalized spacial score (nSPS) is 20.5. The van der Waals surface area contributed by atoms with E-state index in [-0.39, 0.29) is 19.6 Å². The molecular weight excluding hydrogens is 424 g/mol. The Morgan fingerprint density at radius 2 is 1.94 bits per heavy atom. The molecule has 33 heavy (non-hydrogen) atoms. The van der Waals surface area contributed by atoms with Crippen molar-refractivity contribution in [1.29, 1.82) is 0 Å². The van der Waals surface area contributed by atoms with Gasteiger partial charge in [0.25, 0.3) is 5.91 Å². The number of aliphatic imine (C=N–C) groups is 1. The van der Waals surface area contributed by atoms with E-state index >= 15 is 0 Å². The van der Waals surface area contributed by atoms with Crippen molar-refractivity contribution >= 4 is 11.8 Å². The van der Waals surface area contributed by atoms with Crippen molar-refractivity contribution in [1.82, 2.24) is 5.32 Å². The van der Waals surface area contributed by atoms with Crippen LogP contribution < -0.4 is 10.1 Å². The predicted octanol–water partition coefficient (Wildman–Crippen LogP) is 1.75. The first-order chi connectivity index (χ1) is 16.0. The third-order valence-electron chi connectivity index (χ3n) is 5.30. The van der Waals surface area contributed by atoms with Crippen LogP contribution in [0.2, 0.25) is 0 Å². The molecule has 1 aliphatic rings. The maximum atomic E-state index is 13.4. The van der Waals surface area contributed by atoms with Crippen molar-refractivity contribution in [2.75, 3.05) is 26.4 Å². The monoisotopic (exact) mass is 454 g/mol. The van der Waals surface area contributed by atoms with Crippen LogP contribution >= 0.6 is 0 Å². The number of benzene rings is 2. The molecule has 0 fully saturated rings. The molecule has 0 aromatic heterocycles. The third kappa shape index (κ3) is 5.78. The van der Waals surface area contributed by atoms with Gasteiger partial charge in [0.1, 0.15) is 5.75 Å². The Hall–Kier alpha value is -3.20. The van der Waals surface area contributed by atoms with Crippen molar-refractivity contribution in [3.05, 3.63) is 78.4 Å². The van der Waals surface area contributed by atoms with Crippen LogP contribution in [-0.2, 0) is 9.53 Å². The molecule has 4 N–H and O–H groups in total. The predicted molar refractivity (Wildman–Crippen MR) is 124 cm³/mol. The molecule has 1 unspecified atom stereocenters.